The van der Waals surface area contributed by atoms with Crippen LogP contribution in [0.15, 0.2) is 18.2 Å². The molecule has 2 rings (SSSR count). The van der Waals surface area contributed by atoms with Crippen LogP contribution in [-0.2, 0) is 11.2 Å². The minimum absolute atomic E-state index is 0.113. The fourth-order valence-electron chi connectivity index (χ4n) is 1.75. The molecule has 0 aliphatic heterocycles. The summed E-state index contributed by atoms with van der Waals surface area (Å²) in [5, 5.41) is 8.52. The zero-order valence-corrected chi connectivity index (χ0v) is 10.2. The van der Waals surface area contributed by atoms with E-state index in [1.807, 2.05) is 0 Å². The summed E-state index contributed by atoms with van der Waals surface area (Å²) >= 11 is 0. The van der Waals surface area contributed by atoms with Crippen LogP contribution in [0, 0.1) is 11.7 Å². The van der Waals surface area contributed by atoms with Crippen molar-refractivity contribution in [1.82, 2.24) is 0 Å². The molecule has 0 heterocycles. The van der Waals surface area contributed by atoms with Crippen molar-refractivity contribution in [3.05, 3.63) is 29.6 Å². The van der Waals surface area contributed by atoms with Gasteiger partial charge in [0.25, 0.3) is 0 Å². The number of carboxylic acids is 1. The molecule has 1 saturated carbocycles. The second-order valence-electron chi connectivity index (χ2n) is 4.77. The maximum absolute atomic E-state index is 13.7. The van der Waals surface area contributed by atoms with E-state index < -0.39 is 5.97 Å². The van der Waals surface area contributed by atoms with Gasteiger partial charge in [-0.05, 0) is 49.3 Å². The Kier molecular flexibility index (Phi) is 4.18. The molecule has 0 unspecified atom stereocenters. The molecule has 1 fully saturated rings. The van der Waals surface area contributed by atoms with E-state index in [1.54, 1.807) is 12.1 Å². The molecule has 4 heteroatoms. The maximum atomic E-state index is 13.7. The number of hydrogen-bond donors (Lipinski definition) is 1. The second-order valence-corrected chi connectivity index (χ2v) is 4.77. The van der Waals surface area contributed by atoms with Crippen molar-refractivity contribution < 1.29 is 19.0 Å². The first-order valence-electron chi connectivity index (χ1n) is 6.28. The number of halogens is 1. The Morgan fingerprint density at radius 3 is 2.83 bits per heavy atom. The Bertz CT molecular complexity index is 427. The molecule has 3 nitrogen and oxygen atoms in total. The van der Waals surface area contributed by atoms with Crippen LogP contribution in [0.3, 0.4) is 0 Å². The average molecular weight is 252 g/mol. The first-order chi connectivity index (χ1) is 8.65. The molecule has 98 valence electrons. The van der Waals surface area contributed by atoms with Crippen LogP contribution in [0.4, 0.5) is 4.39 Å². The minimum Gasteiger partial charge on any atom is -0.490 e. The van der Waals surface area contributed by atoms with Crippen LogP contribution in [0.5, 0.6) is 5.75 Å². The molecule has 1 aromatic carbocycles. The quantitative estimate of drug-likeness (QED) is 0.811. The summed E-state index contributed by atoms with van der Waals surface area (Å²) in [6, 6.07) is 4.87. The Morgan fingerprint density at radius 1 is 1.44 bits per heavy atom. The lowest BCUT2D eigenvalue weighted by Crippen LogP contribution is -2.01. The summed E-state index contributed by atoms with van der Waals surface area (Å²) in [5.74, 6) is -0.285. The maximum Gasteiger partial charge on any atom is 0.303 e. The van der Waals surface area contributed by atoms with E-state index in [1.165, 1.54) is 18.9 Å². The highest BCUT2D eigenvalue weighted by molar-refractivity contribution is 5.66. The average Bonchev–Trinajstić information content (AvgIpc) is 3.11. The molecule has 0 spiro atoms. The topological polar surface area (TPSA) is 46.5 Å². The fraction of sp³-hybridized carbons (Fsp3) is 0.500. The highest BCUT2D eigenvalue weighted by atomic mass is 19.1. The number of carbonyl (C=O) groups is 1. The number of aliphatic carboxylic acids is 1. The number of rotatable bonds is 7. The predicted octanol–water partition coefficient (Wildman–Crippen LogP) is 3.02. The number of carboxylic acid groups (broad SMARTS) is 1. The van der Waals surface area contributed by atoms with E-state index in [-0.39, 0.29) is 12.2 Å². The lowest BCUT2D eigenvalue weighted by molar-refractivity contribution is -0.137. The monoisotopic (exact) mass is 252 g/mol. The van der Waals surface area contributed by atoms with Crippen molar-refractivity contribution in [3.63, 3.8) is 0 Å². The summed E-state index contributed by atoms with van der Waals surface area (Å²) in [7, 11) is 0. The second kappa shape index (κ2) is 5.85. The third kappa shape index (κ3) is 4.02. The molecule has 0 bridgehead atoms. The van der Waals surface area contributed by atoms with Crippen LogP contribution in [-0.4, -0.2) is 17.7 Å². The zero-order chi connectivity index (χ0) is 13.0. The molecule has 1 aliphatic carbocycles. The summed E-state index contributed by atoms with van der Waals surface area (Å²) < 4.78 is 19.1. The third-order valence-electron chi connectivity index (χ3n) is 3.02. The number of aryl methyl sites for hydroxylation is 1. The molecule has 0 radical (unpaired) electrons. The highest BCUT2D eigenvalue weighted by Crippen LogP contribution is 2.30. The van der Waals surface area contributed by atoms with Crippen molar-refractivity contribution >= 4 is 5.97 Å². The van der Waals surface area contributed by atoms with Crippen LogP contribution >= 0.6 is 0 Å². The van der Waals surface area contributed by atoms with E-state index in [0.29, 0.717) is 31.1 Å². The van der Waals surface area contributed by atoms with Gasteiger partial charge in [0.1, 0.15) is 0 Å². The van der Waals surface area contributed by atoms with Gasteiger partial charge in [0.2, 0.25) is 0 Å². The molecule has 0 saturated heterocycles. The molecular formula is C14H17FO3. The predicted molar refractivity (Wildman–Crippen MR) is 65.2 cm³/mol. The number of ether oxygens (including phenoxy) is 1. The summed E-state index contributed by atoms with van der Waals surface area (Å²) in [6.45, 7) is 0.593. The molecule has 1 aromatic rings. The molecule has 0 atom stereocenters. The first-order valence-corrected chi connectivity index (χ1v) is 6.28. The van der Waals surface area contributed by atoms with Gasteiger partial charge in [-0.3, -0.25) is 4.79 Å². The standard InChI is InChI=1S/C14H17FO3/c15-12-8-10(2-1-3-14(16)17)6-7-13(12)18-9-11-4-5-11/h6-8,11H,1-5,9H2,(H,16,17). The van der Waals surface area contributed by atoms with Crippen LogP contribution in [0.1, 0.15) is 31.2 Å². The minimum atomic E-state index is -0.820. The largest absolute Gasteiger partial charge is 0.490 e. The Hall–Kier alpha value is -1.58. The Labute approximate surface area is 106 Å². The van der Waals surface area contributed by atoms with E-state index in [9.17, 15) is 9.18 Å². The molecule has 1 aliphatic rings. The molecule has 0 aromatic heterocycles. The van der Waals surface area contributed by atoms with Gasteiger partial charge in [-0.15, -0.1) is 0 Å². The lowest BCUT2D eigenvalue weighted by atomic mass is 10.1. The van der Waals surface area contributed by atoms with Crippen LogP contribution in [0.2, 0.25) is 0 Å². The zero-order valence-electron chi connectivity index (χ0n) is 10.2. The van der Waals surface area contributed by atoms with Crippen LogP contribution < -0.4 is 4.74 Å². The molecular weight excluding hydrogens is 235 g/mol. The molecule has 1 N–H and O–H groups in total. The van der Waals surface area contributed by atoms with Gasteiger partial charge in [0.05, 0.1) is 6.61 Å². The highest BCUT2D eigenvalue weighted by Gasteiger charge is 2.22. The lowest BCUT2D eigenvalue weighted by Gasteiger charge is -2.08. The molecule has 18 heavy (non-hydrogen) atoms. The third-order valence-corrected chi connectivity index (χ3v) is 3.02. The Morgan fingerprint density at radius 2 is 2.22 bits per heavy atom. The van der Waals surface area contributed by atoms with Gasteiger partial charge in [0.15, 0.2) is 11.6 Å². The van der Waals surface area contributed by atoms with Gasteiger partial charge < -0.3 is 9.84 Å². The van der Waals surface area contributed by atoms with E-state index in [2.05, 4.69) is 0 Å². The Balaban J connectivity index is 1.85. The van der Waals surface area contributed by atoms with Gasteiger partial charge in [-0.1, -0.05) is 6.07 Å². The normalized spacial score (nSPS) is 14.5. The molecule has 0 amide bonds. The van der Waals surface area contributed by atoms with Crippen molar-refractivity contribution in [1.29, 1.82) is 0 Å². The van der Waals surface area contributed by atoms with Crippen molar-refractivity contribution in [2.24, 2.45) is 5.92 Å². The van der Waals surface area contributed by atoms with Gasteiger partial charge in [-0.25, -0.2) is 4.39 Å². The van der Waals surface area contributed by atoms with Gasteiger partial charge >= 0.3 is 5.97 Å². The van der Waals surface area contributed by atoms with Crippen molar-refractivity contribution in [3.8, 4) is 5.75 Å². The number of hydrogen-bond acceptors (Lipinski definition) is 2. The van der Waals surface area contributed by atoms with E-state index in [4.69, 9.17) is 9.84 Å². The number of benzene rings is 1. The van der Waals surface area contributed by atoms with E-state index in [0.717, 1.165) is 5.56 Å². The SMILES string of the molecule is O=C(O)CCCc1ccc(OCC2CC2)c(F)c1. The van der Waals surface area contributed by atoms with Gasteiger partial charge in [0, 0.05) is 6.42 Å². The van der Waals surface area contributed by atoms with Crippen LogP contribution in [0.25, 0.3) is 0 Å². The summed E-state index contributed by atoms with van der Waals surface area (Å²) in [4.78, 5) is 10.4. The van der Waals surface area contributed by atoms with Crippen molar-refractivity contribution in [2.45, 2.75) is 32.1 Å². The fourth-order valence-corrected chi connectivity index (χ4v) is 1.75. The first kappa shape index (κ1) is 12.9. The van der Waals surface area contributed by atoms with Gasteiger partial charge in [-0.2, -0.15) is 0 Å². The summed E-state index contributed by atoms with van der Waals surface area (Å²) in [5.41, 5.74) is 0.813. The smallest absolute Gasteiger partial charge is 0.303 e. The van der Waals surface area contributed by atoms with Crippen molar-refractivity contribution in [2.75, 3.05) is 6.61 Å². The van der Waals surface area contributed by atoms with E-state index >= 15 is 0 Å². The summed E-state index contributed by atoms with van der Waals surface area (Å²) in [6.07, 6.45) is 3.56.